The Hall–Kier alpha value is -0.920. The second kappa shape index (κ2) is 2.61. The van der Waals surface area contributed by atoms with Gasteiger partial charge in [-0.25, -0.2) is 9.97 Å². The van der Waals surface area contributed by atoms with Crippen molar-refractivity contribution in [1.29, 1.82) is 0 Å². The highest BCUT2D eigenvalue weighted by Crippen LogP contribution is 2.29. The number of imidazole rings is 1. The molecule has 2 nitrogen and oxygen atoms in total. The Balaban J connectivity index is 1.82. The Morgan fingerprint density at radius 3 is 2.55 bits per heavy atom. The van der Waals surface area contributed by atoms with Gasteiger partial charge in [0.05, 0.1) is 11.4 Å². The van der Waals surface area contributed by atoms with Gasteiger partial charge in [-0.05, 0) is 12.5 Å². The summed E-state index contributed by atoms with van der Waals surface area (Å²) < 4.78 is 0. The van der Waals surface area contributed by atoms with Gasteiger partial charge in [-0.15, -0.1) is 0 Å². The normalized spacial score (nSPS) is 11.7. The van der Waals surface area contributed by atoms with Crippen LogP contribution >= 0.6 is 0 Å². The van der Waals surface area contributed by atoms with Gasteiger partial charge in [0.15, 0.2) is 0 Å². The van der Waals surface area contributed by atoms with Crippen molar-refractivity contribution < 1.29 is 0 Å². The van der Waals surface area contributed by atoms with E-state index in [0.29, 0.717) is 0 Å². The van der Waals surface area contributed by atoms with E-state index in [1.54, 1.807) is 0 Å². The fraction of sp³-hybridized carbons (Fsp3) is 0.556. The highest BCUT2D eigenvalue weighted by atomic mass is 15.0. The van der Waals surface area contributed by atoms with Gasteiger partial charge in [0, 0.05) is 6.42 Å². The van der Waals surface area contributed by atoms with Gasteiger partial charge < -0.3 is 0 Å². The molecule has 0 aromatic heterocycles. The van der Waals surface area contributed by atoms with Gasteiger partial charge in [-0.3, -0.25) is 0 Å². The summed E-state index contributed by atoms with van der Waals surface area (Å²) in [5.41, 5.74) is 2.24. The Labute approximate surface area is 66.7 Å². The summed E-state index contributed by atoms with van der Waals surface area (Å²) in [5.74, 6) is 1.05. The van der Waals surface area contributed by atoms with Gasteiger partial charge in [-0.2, -0.15) is 0 Å². The monoisotopic (exact) mass is 148 g/mol. The maximum atomic E-state index is 4.31. The second-order valence-electron chi connectivity index (χ2n) is 3.01. The fourth-order valence-corrected chi connectivity index (χ4v) is 1.22. The molecule has 11 heavy (non-hydrogen) atoms. The molecule has 2 rings (SSSR count). The lowest BCUT2D eigenvalue weighted by atomic mass is 10.2. The molecule has 0 radical (unpaired) electrons. The first-order valence-corrected chi connectivity index (χ1v) is 4.28. The smallest absolute Gasteiger partial charge is 0.129 e. The van der Waals surface area contributed by atoms with Crippen molar-refractivity contribution in [2.24, 2.45) is 0 Å². The maximum absolute atomic E-state index is 4.31. The van der Waals surface area contributed by atoms with E-state index >= 15 is 0 Å². The summed E-state index contributed by atoms with van der Waals surface area (Å²) in [5, 5.41) is 0. The molecule has 0 bridgehead atoms. The quantitative estimate of drug-likeness (QED) is 0.621. The van der Waals surface area contributed by atoms with E-state index < -0.39 is 0 Å². The number of rotatable bonds is 4. The molecular weight excluding hydrogens is 136 g/mol. The number of nitrogens with zero attached hydrogens (tertiary/aromatic N) is 2. The zero-order valence-electron chi connectivity index (χ0n) is 6.80. The minimum atomic E-state index is 1.05. The Morgan fingerprint density at radius 2 is 1.91 bits per heavy atom. The zero-order valence-corrected chi connectivity index (χ0v) is 6.80. The molecule has 0 saturated carbocycles. The Kier molecular flexibility index (Phi) is 1.60. The molecule has 0 unspecified atom stereocenters. The largest absolute Gasteiger partial charge is 0.231 e. The van der Waals surface area contributed by atoms with Crippen LogP contribution in [-0.2, 0) is 6.42 Å². The van der Waals surface area contributed by atoms with Crippen molar-refractivity contribution in [3.63, 3.8) is 0 Å². The number of aryl methyl sites for hydroxylation is 1. The molecule has 0 saturated heterocycles. The van der Waals surface area contributed by atoms with E-state index in [4.69, 9.17) is 0 Å². The van der Waals surface area contributed by atoms with E-state index in [0.717, 1.165) is 23.6 Å². The lowest BCUT2D eigenvalue weighted by molar-refractivity contribution is 0.699. The van der Waals surface area contributed by atoms with Crippen LogP contribution in [-0.4, -0.2) is 9.97 Å². The van der Waals surface area contributed by atoms with Crippen molar-refractivity contribution in [2.75, 3.05) is 0 Å². The van der Waals surface area contributed by atoms with Crippen LogP contribution in [0.25, 0.3) is 11.4 Å². The lowest BCUT2D eigenvalue weighted by Crippen LogP contribution is -1.87. The summed E-state index contributed by atoms with van der Waals surface area (Å²) in [6.45, 7) is 2.21. The highest BCUT2D eigenvalue weighted by molar-refractivity contribution is 5.71. The minimum Gasteiger partial charge on any atom is -0.231 e. The van der Waals surface area contributed by atoms with Crippen molar-refractivity contribution in [3.8, 4) is 11.4 Å². The molecule has 58 valence electrons. The van der Waals surface area contributed by atoms with Crippen LogP contribution in [0.3, 0.4) is 0 Å². The summed E-state index contributed by atoms with van der Waals surface area (Å²) in [4.78, 5) is 8.62. The van der Waals surface area contributed by atoms with Gasteiger partial charge in [0.1, 0.15) is 5.82 Å². The third-order valence-corrected chi connectivity index (χ3v) is 1.96. The lowest BCUT2D eigenvalue weighted by Gasteiger charge is -1.92. The molecule has 0 aromatic rings. The molecule has 0 amide bonds. The SMILES string of the molecule is CCCCCc1nc2cc-2n1. The van der Waals surface area contributed by atoms with Crippen LogP contribution in [0.4, 0.5) is 0 Å². The third-order valence-electron chi connectivity index (χ3n) is 1.96. The molecule has 1 aliphatic heterocycles. The first kappa shape index (κ1) is 6.77. The maximum Gasteiger partial charge on any atom is 0.129 e. The first-order valence-electron chi connectivity index (χ1n) is 4.28. The average molecular weight is 148 g/mol. The molecule has 0 N–H and O–H groups in total. The third kappa shape index (κ3) is 1.39. The topological polar surface area (TPSA) is 25.8 Å². The van der Waals surface area contributed by atoms with Crippen LogP contribution < -0.4 is 0 Å². The summed E-state index contributed by atoms with van der Waals surface area (Å²) in [6.07, 6.45) is 4.86. The van der Waals surface area contributed by atoms with Gasteiger partial charge >= 0.3 is 0 Å². The van der Waals surface area contributed by atoms with E-state index in [2.05, 4.69) is 16.9 Å². The zero-order chi connectivity index (χ0) is 7.68. The van der Waals surface area contributed by atoms with Crippen molar-refractivity contribution in [1.82, 2.24) is 9.97 Å². The summed E-state index contributed by atoms with van der Waals surface area (Å²) >= 11 is 0. The van der Waals surface area contributed by atoms with Gasteiger partial charge in [0.25, 0.3) is 0 Å². The molecule has 1 aliphatic carbocycles. The van der Waals surface area contributed by atoms with Crippen LogP contribution in [0, 0.1) is 0 Å². The minimum absolute atomic E-state index is 1.05. The van der Waals surface area contributed by atoms with Crippen LogP contribution in [0.15, 0.2) is 6.07 Å². The van der Waals surface area contributed by atoms with Crippen molar-refractivity contribution in [3.05, 3.63) is 11.9 Å². The number of hydrogen-bond donors (Lipinski definition) is 0. The summed E-state index contributed by atoms with van der Waals surface area (Å²) in [6, 6.07) is 2.02. The fourth-order valence-electron chi connectivity index (χ4n) is 1.22. The van der Waals surface area contributed by atoms with E-state index in [-0.39, 0.29) is 0 Å². The van der Waals surface area contributed by atoms with Crippen molar-refractivity contribution >= 4 is 0 Å². The Bertz CT molecular complexity index is 248. The number of unbranched alkanes of at least 4 members (excludes halogenated alkanes) is 2. The van der Waals surface area contributed by atoms with Gasteiger partial charge in [0.2, 0.25) is 0 Å². The predicted molar refractivity (Wildman–Crippen MR) is 44.3 cm³/mol. The number of hydrogen-bond acceptors (Lipinski definition) is 2. The van der Waals surface area contributed by atoms with Crippen LogP contribution in [0.5, 0.6) is 0 Å². The van der Waals surface area contributed by atoms with E-state index in [9.17, 15) is 0 Å². The van der Waals surface area contributed by atoms with E-state index in [1.165, 1.54) is 19.3 Å². The second-order valence-corrected chi connectivity index (χ2v) is 3.01. The molecule has 0 fully saturated rings. The first-order chi connectivity index (χ1) is 5.40. The van der Waals surface area contributed by atoms with Crippen LogP contribution in [0.1, 0.15) is 32.0 Å². The van der Waals surface area contributed by atoms with E-state index in [1.807, 2.05) is 6.07 Å². The average Bonchev–Trinajstić information content (AvgIpc) is 2.61. The summed E-state index contributed by atoms with van der Waals surface area (Å²) in [7, 11) is 0. The molecule has 1 heterocycles. The van der Waals surface area contributed by atoms with Gasteiger partial charge in [-0.1, -0.05) is 19.8 Å². The molecule has 2 heteroatoms. The molecule has 0 aromatic carbocycles. The van der Waals surface area contributed by atoms with Crippen molar-refractivity contribution in [2.45, 2.75) is 32.6 Å². The molecule has 0 spiro atoms. The standard InChI is InChI=1S/C9H12N2/c1-2-3-4-5-9-10-7-6-8(7)11-9/h6H,2-5H2,1H3. The molecule has 0 atom stereocenters. The molecular formula is C9H12N2. The number of fused-ring (bicyclic) bond motifs is 1. The molecule has 2 aliphatic rings. The highest BCUT2D eigenvalue weighted by Gasteiger charge is 2.17. The Morgan fingerprint density at radius 1 is 1.18 bits per heavy atom. The predicted octanol–water partition coefficient (Wildman–Crippen LogP) is 2.19. The van der Waals surface area contributed by atoms with Crippen LogP contribution in [0.2, 0.25) is 0 Å². The number of aromatic nitrogens is 2.